The number of carbonyl (C=O) groups is 1. The van der Waals surface area contributed by atoms with Crippen LogP contribution in [0.1, 0.15) is 49.0 Å². The SMILES string of the molecule is Cc1cccc(O[C@@H](C)C(=O)NCc2nnc3n2CCCCC3)c1C. The van der Waals surface area contributed by atoms with Gasteiger partial charge in [0.15, 0.2) is 11.9 Å². The minimum absolute atomic E-state index is 0.146. The third kappa shape index (κ3) is 4.00. The Hall–Kier alpha value is -2.37. The fourth-order valence-electron chi connectivity index (χ4n) is 3.08. The van der Waals surface area contributed by atoms with Crippen molar-refractivity contribution < 1.29 is 9.53 Å². The summed E-state index contributed by atoms with van der Waals surface area (Å²) >= 11 is 0. The van der Waals surface area contributed by atoms with Crippen LogP contribution in [-0.4, -0.2) is 26.8 Å². The van der Waals surface area contributed by atoms with Gasteiger partial charge in [-0.2, -0.15) is 0 Å². The number of carbonyl (C=O) groups excluding carboxylic acids is 1. The lowest BCUT2D eigenvalue weighted by molar-refractivity contribution is -0.127. The Morgan fingerprint density at radius 2 is 2.12 bits per heavy atom. The lowest BCUT2D eigenvalue weighted by Crippen LogP contribution is -2.36. The van der Waals surface area contributed by atoms with Crippen molar-refractivity contribution in [2.45, 2.75) is 65.6 Å². The predicted octanol–water partition coefficient (Wildman–Crippen LogP) is 2.71. The van der Waals surface area contributed by atoms with E-state index < -0.39 is 6.10 Å². The molecule has 3 rings (SSSR count). The van der Waals surface area contributed by atoms with Crippen LogP contribution in [0.5, 0.6) is 5.75 Å². The molecule has 0 aliphatic carbocycles. The number of fused-ring (bicyclic) bond motifs is 1. The summed E-state index contributed by atoms with van der Waals surface area (Å²) in [7, 11) is 0. The number of hydrogen-bond donors (Lipinski definition) is 1. The highest BCUT2D eigenvalue weighted by Crippen LogP contribution is 2.21. The molecule has 0 unspecified atom stereocenters. The van der Waals surface area contributed by atoms with Gasteiger partial charge < -0.3 is 14.6 Å². The Morgan fingerprint density at radius 1 is 1.28 bits per heavy atom. The van der Waals surface area contributed by atoms with Gasteiger partial charge in [0.05, 0.1) is 6.54 Å². The van der Waals surface area contributed by atoms with E-state index in [1.54, 1.807) is 6.92 Å². The summed E-state index contributed by atoms with van der Waals surface area (Å²) in [6, 6.07) is 5.86. The standard InChI is InChI=1S/C19H26N4O2/c1-13-8-7-9-16(14(13)2)25-15(3)19(24)20-12-18-22-21-17-10-5-4-6-11-23(17)18/h7-9,15H,4-6,10-12H2,1-3H3,(H,20,24)/t15-/m0/s1. The third-order valence-electron chi connectivity index (χ3n) is 4.83. The Balaban J connectivity index is 1.59. The van der Waals surface area contributed by atoms with Crippen LogP contribution >= 0.6 is 0 Å². The van der Waals surface area contributed by atoms with Gasteiger partial charge >= 0.3 is 0 Å². The van der Waals surface area contributed by atoms with Gasteiger partial charge in [-0.3, -0.25) is 4.79 Å². The van der Waals surface area contributed by atoms with Gasteiger partial charge in [0.2, 0.25) is 0 Å². The first-order valence-corrected chi connectivity index (χ1v) is 8.98. The second-order valence-electron chi connectivity index (χ2n) is 6.67. The molecule has 0 saturated carbocycles. The smallest absolute Gasteiger partial charge is 0.261 e. The molecule has 1 atom stereocenters. The van der Waals surface area contributed by atoms with Gasteiger partial charge in [-0.05, 0) is 50.8 Å². The number of ether oxygens (including phenoxy) is 1. The molecule has 2 aromatic rings. The lowest BCUT2D eigenvalue weighted by Gasteiger charge is -2.17. The first kappa shape index (κ1) is 17.5. The summed E-state index contributed by atoms with van der Waals surface area (Å²) in [5.74, 6) is 2.46. The van der Waals surface area contributed by atoms with Gasteiger partial charge in [0, 0.05) is 13.0 Å². The predicted molar refractivity (Wildman–Crippen MR) is 95.4 cm³/mol. The normalized spacial score (nSPS) is 15.2. The molecule has 1 aliphatic heterocycles. The minimum atomic E-state index is -0.563. The molecule has 0 fully saturated rings. The van der Waals surface area contributed by atoms with Crippen molar-refractivity contribution in [3.63, 3.8) is 0 Å². The largest absolute Gasteiger partial charge is 0.481 e. The van der Waals surface area contributed by atoms with E-state index in [2.05, 4.69) is 20.1 Å². The Kier molecular flexibility index (Phi) is 5.36. The van der Waals surface area contributed by atoms with Crippen molar-refractivity contribution in [2.24, 2.45) is 0 Å². The molecule has 0 radical (unpaired) electrons. The maximum absolute atomic E-state index is 12.4. The molecule has 1 aromatic carbocycles. The highest BCUT2D eigenvalue weighted by molar-refractivity contribution is 5.80. The van der Waals surface area contributed by atoms with Crippen molar-refractivity contribution in [3.8, 4) is 5.75 Å². The molecule has 2 heterocycles. The Bertz CT molecular complexity index is 754. The van der Waals surface area contributed by atoms with E-state index in [0.717, 1.165) is 54.3 Å². The molecular formula is C19H26N4O2. The summed E-state index contributed by atoms with van der Waals surface area (Å²) < 4.78 is 7.98. The van der Waals surface area contributed by atoms with Crippen LogP contribution in [0.15, 0.2) is 18.2 Å². The average molecular weight is 342 g/mol. The lowest BCUT2D eigenvalue weighted by atomic mass is 10.1. The van der Waals surface area contributed by atoms with Crippen LogP contribution in [0.25, 0.3) is 0 Å². The molecule has 0 spiro atoms. The molecule has 6 nitrogen and oxygen atoms in total. The molecule has 1 amide bonds. The second kappa shape index (κ2) is 7.68. The fraction of sp³-hybridized carbons (Fsp3) is 0.526. The number of nitrogens with one attached hydrogen (secondary N) is 1. The molecule has 25 heavy (non-hydrogen) atoms. The van der Waals surface area contributed by atoms with Crippen molar-refractivity contribution in [3.05, 3.63) is 41.0 Å². The highest BCUT2D eigenvalue weighted by atomic mass is 16.5. The zero-order valence-corrected chi connectivity index (χ0v) is 15.2. The number of amides is 1. The van der Waals surface area contributed by atoms with E-state index in [-0.39, 0.29) is 5.91 Å². The van der Waals surface area contributed by atoms with Crippen LogP contribution in [0.3, 0.4) is 0 Å². The van der Waals surface area contributed by atoms with Crippen molar-refractivity contribution >= 4 is 5.91 Å². The van der Waals surface area contributed by atoms with Gasteiger partial charge in [0.25, 0.3) is 5.91 Å². The van der Waals surface area contributed by atoms with E-state index in [1.165, 1.54) is 6.42 Å². The zero-order valence-electron chi connectivity index (χ0n) is 15.2. The van der Waals surface area contributed by atoms with Crippen LogP contribution in [0, 0.1) is 13.8 Å². The van der Waals surface area contributed by atoms with Crippen LogP contribution in [0.2, 0.25) is 0 Å². The molecule has 1 N–H and O–H groups in total. The number of benzene rings is 1. The number of hydrogen-bond acceptors (Lipinski definition) is 4. The van der Waals surface area contributed by atoms with Gasteiger partial charge in [-0.1, -0.05) is 18.6 Å². The molecule has 1 aromatic heterocycles. The van der Waals surface area contributed by atoms with Crippen molar-refractivity contribution in [1.82, 2.24) is 20.1 Å². The Labute approximate surface area is 148 Å². The van der Waals surface area contributed by atoms with Crippen molar-refractivity contribution in [2.75, 3.05) is 0 Å². The van der Waals surface area contributed by atoms with E-state index in [9.17, 15) is 4.79 Å². The number of aromatic nitrogens is 3. The van der Waals surface area contributed by atoms with Gasteiger partial charge in [0.1, 0.15) is 11.6 Å². The topological polar surface area (TPSA) is 69.0 Å². The van der Waals surface area contributed by atoms with E-state index in [0.29, 0.717) is 6.54 Å². The summed E-state index contributed by atoms with van der Waals surface area (Å²) in [5, 5.41) is 11.4. The van der Waals surface area contributed by atoms with Gasteiger partial charge in [-0.25, -0.2) is 0 Å². The maximum Gasteiger partial charge on any atom is 0.261 e. The van der Waals surface area contributed by atoms with E-state index >= 15 is 0 Å². The van der Waals surface area contributed by atoms with Crippen LogP contribution in [0.4, 0.5) is 0 Å². The third-order valence-corrected chi connectivity index (χ3v) is 4.83. The van der Waals surface area contributed by atoms with Crippen molar-refractivity contribution in [1.29, 1.82) is 0 Å². The Morgan fingerprint density at radius 3 is 2.96 bits per heavy atom. The number of rotatable bonds is 5. The average Bonchev–Trinajstić information content (AvgIpc) is 2.83. The fourth-order valence-corrected chi connectivity index (χ4v) is 3.08. The number of nitrogens with zero attached hydrogens (tertiary/aromatic N) is 3. The molecule has 0 saturated heterocycles. The monoisotopic (exact) mass is 342 g/mol. The maximum atomic E-state index is 12.4. The highest BCUT2D eigenvalue weighted by Gasteiger charge is 2.19. The summed E-state index contributed by atoms with van der Waals surface area (Å²) in [6.45, 7) is 7.11. The zero-order chi connectivity index (χ0) is 17.8. The van der Waals surface area contributed by atoms with Gasteiger partial charge in [-0.15, -0.1) is 10.2 Å². The summed E-state index contributed by atoms with van der Waals surface area (Å²) in [4.78, 5) is 12.4. The quantitative estimate of drug-likeness (QED) is 0.907. The summed E-state index contributed by atoms with van der Waals surface area (Å²) in [6.07, 6.45) is 3.92. The first-order chi connectivity index (χ1) is 12.1. The van der Waals surface area contributed by atoms with E-state index in [1.807, 2.05) is 32.0 Å². The molecule has 0 bridgehead atoms. The van der Waals surface area contributed by atoms with Crippen LogP contribution in [-0.2, 0) is 24.3 Å². The van der Waals surface area contributed by atoms with E-state index in [4.69, 9.17) is 4.74 Å². The molecule has 6 heteroatoms. The summed E-state index contributed by atoms with van der Waals surface area (Å²) in [5.41, 5.74) is 2.21. The molecule has 134 valence electrons. The second-order valence-corrected chi connectivity index (χ2v) is 6.67. The minimum Gasteiger partial charge on any atom is -0.481 e. The molecule has 1 aliphatic rings. The molecular weight excluding hydrogens is 316 g/mol. The first-order valence-electron chi connectivity index (χ1n) is 8.98. The number of aryl methyl sites for hydroxylation is 2. The van der Waals surface area contributed by atoms with Crippen LogP contribution < -0.4 is 10.1 Å².